The summed E-state index contributed by atoms with van der Waals surface area (Å²) in [6.07, 6.45) is 2.66. The predicted molar refractivity (Wildman–Crippen MR) is 134 cm³/mol. The molecule has 0 saturated heterocycles. The SMILES string of the molecule is Cc1nc(-c2ccc3ccnc(NCCN4CCc5ccc(C(=O)OC(C)C)cc5C4)c3c2)no1. The van der Waals surface area contributed by atoms with Gasteiger partial charge in [-0.05, 0) is 61.0 Å². The number of esters is 1. The Hall–Kier alpha value is -3.78. The quantitative estimate of drug-likeness (QED) is 0.390. The average Bonchev–Trinajstić information content (AvgIpc) is 3.29. The van der Waals surface area contributed by atoms with Crippen LogP contribution in [0.4, 0.5) is 5.82 Å². The highest BCUT2D eigenvalue weighted by Gasteiger charge is 2.19. The standard InChI is InChI=1S/C27H29N5O3/c1-17(2)34-27(33)22-7-4-19-9-12-32(16-23(19)14-22)13-11-29-26-24-15-21(25-30-18(3)35-31-25)6-5-20(24)8-10-28-26/h4-8,10,14-15,17H,9,11-13,16H2,1-3H3,(H,28,29). The van der Waals surface area contributed by atoms with Crippen molar-refractivity contribution >= 4 is 22.6 Å². The summed E-state index contributed by atoms with van der Waals surface area (Å²) >= 11 is 0. The van der Waals surface area contributed by atoms with Gasteiger partial charge >= 0.3 is 5.97 Å². The van der Waals surface area contributed by atoms with Crippen molar-refractivity contribution in [2.24, 2.45) is 0 Å². The van der Waals surface area contributed by atoms with Crippen LogP contribution in [0.3, 0.4) is 0 Å². The van der Waals surface area contributed by atoms with Crippen LogP contribution in [-0.4, -0.2) is 51.7 Å². The maximum atomic E-state index is 12.3. The second kappa shape index (κ2) is 9.84. The van der Waals surface area contributed by atoms with Gasteiger partial charge in [-0.2, -0.15) is 4.98 Å². The van der Waals surface area contributed by atoms with Gasteiger partial charge in [-0.1, -0.05) is 23.4 Å². The molecule has 4 aromatic rings. The third-order valence-electron chi connectivity index (χ3n) is 6.15. The minimum Gasteiger partial charge on any atom is -0.459 e. The van der Waals surface area contributed by atoms with Crippen LogP contribution in [0.25, 0.3) is 22.2 Å². The summed E-state index contributed by atoms with van der Waals surface area (Å²) in [6, 6.07) is 14.0. The molecule has 0 amide bonds. The van der Waals surface area contributed by atoms with Crippen LogP contribution in [0.1, 0.15) is 41.2 Å². The van der Waals surface area contributed by atoms with Crippen LogP contribution in [0.5, 0.6) is 0 Å². The molecule has 1 aliphatic heterocycles. The summed E-state index contributed by atoms with van der Waals surface area (Å²) in [6.45, 7) is 8.91. The minimum absolute atomic E-state index is 0.129. The predicted octanol–water partition coefficient (Wildman–Crippen LogP) is 4.63. The number of hydrogen-bond donors (Lipinski definition) is 1. The number of ether oxygens (including phenoxy) is 1. The molecule has 8 nitrogen and oxygen atoms in total. The van der Waals surface area contributed by atoms with E-state index in [9.17, 15) is 4.79 Å². The van der Waals surface area contributed by atoms with Crippen LogP contribution >= 0.6 is 0 Å². The summed E-state index contributed by atoms with van der Waals surface area (Å²) in [7, 11) is 0. The van der Waals surface area contributed by atoms with Gasteiger partial charge in [0.25, 0.3) is 0 Å². The molecule has 3 heterocycles. The number of carbonyl (C=O) groups is 1. The van der Waals surface area contributed by atoms with Crippen molar-refractivity contribution < 1.29 is 14.1 Å². The maximum absolute atomic E-state index is 12.3. The summed E-state index contributed by atoms with van der Waals surface area (Å²) in [5.41, 5.74) is 4.00. The van der Waals surface area contributed by atoms with Crippen LogP contribution in [0, 0.1) is 6.92 Å². The zero-order chi connectivity index (χ0) is 24.4. The molecule has 5 rings (SSSR count). The van der Waals surface area contributed by atoms with E-state index in [0.717, 1.165) is 54.8 Å². The summed E-state index contributed by atoms with van der Waals surface area (Å²) < 4.78 is 10.5. The Balaban J connectivity index is 1.25. The molecule has 0 unspecified atom stereocenters. The average molecular weight is 472 g/mol. The van der Waals surface area contributed by atoms with Gasteiger partial charge in [0, 0.05) is 50.2 Å². The molecule has 0 radical (unpaired) electrons. The minimum atomic E-state index is -0.265. The number of aryl methyl sites for hydroxylation is 1. The summed E-state index contributed by atoms with van der Waals surface area (Å²) in [5, 5.41) is 9.65. The van der Waals surface area contributed by atoms with Crippen molar-refractivity contribution in [2.75, 3.05) is 25.0 Å². The lowest BCUT2D eigenvalue weighted by molar-refractivity contribution is 0.0377. The molecule has 0 atom stereocenters. The van der Waals surface area contributed by atoms with E-state index in [1.807, 2.05) is 56.4 Å². The number of aromatic nitrogens is 3. The van der Waals surface area contributed by atoms with E-state index >= 15 is 0 Å². The fourth-order valence-corrected chi connectivity index (χ4v) is 4.41. The number of rotatable bonds is 7. The first-order valence-corrected chi connectivity index (χ1v) is 11.9. The number of fused-ring (bicyclic) bond motifs is 2. The molecule has 0 spiro atoms. The van der Waals surface area contributed by atoms with Gasteiger partial charge in [-0.25, -0.2) is 9.78 Å². The molecule has 8 heteroatoms. The smallest absolute Gasteiger partial charge is 0.338 e. The number of carbonyl (C=O) groups excluding carboxylic acids is 1. The molecule has 35 heavy (non-hydrogen) atoms. The second-order valence-corrected chi connectivity index (χ2v) is 9.12. The first-order valence-electron chi connectivity index (χ1n) is 11.9. The Labute approximate surface area is 204 Å². The number of benzene rings is 2. The summed E-state index contributed by atoms with van der Waals surface area (Å²) in [4.78, 5) is 23.6. The molecule has 1 N–H and O–H groups in total. The zero-order valence-electron chi connectivity index (χ0n) is 20.2. The van der Waals surface area contributed by atoms with Crippen LogP contribution in [0.2, 0.25) is 0 Å². The van der Waals surface area contributed by atoms with Gasteiger partial charge in [0.05, 0.1) is 11.7 Å². The van der Waals surface area contributed by atoms with Crippen molar-refractivity contribution in [3.8, 4) is 11.4 Å². The Bertz CT molecular complexity index is 1360. The normalized spacial score (nSPS) is 13.7. The number of anilines is 1. The molecule has 0 fully saturated rings. The Kier molecular flexibility index (Phi) is 6.46. The van der Waals surface area contributed by atoms with Gasteiger partial charge < -0.3 is 14.6 Å². The lowest BCUT2D eigenvalue weighted by atomic mass is 9.97. The molecule has 0 aliphatic carbocycles. The maximum Gasteiger partial charge on any atom is 0.338 e. The number of nitrogens with zero attached hydrogens (tertiary/aromatic N) is 4. The molecule has 180 valence electrons. The molecule has 1 aliphatic rings. The Morgan fingerprint density at radius 2 is 2.06 bits per heavy atom. The molecular formula is C27H29N5O3. The molecule has 0 saturated carbocycles. The highest BCUT2D eigenvalue weighted by Crippen LogP contribution is 2.27. The molecule has 0 bridgehead atoms. The molecule has 2 aromatic carbocycles. The summed E-state index contributed by atoms with van der Waals surface area (Å²) in [5.74, 6) is 1.68. The second-order valence-electron chi connectivity index (χ2n) is 9.12. The van der Waals surface area contributed by atoms with Crippen molar-refractivity contribution in [1.82, 2.24) is 20.0 Å². The third-order valence-corrected chi connectivity index (χ3v) is 6.15. The van der Waals surface area contributed by atoms with Gasteiger partial charge in [0.15, 0.2) is 0 Å². The van der Waals surface area contributed by atoms with E-state index in [1.54, 1.807) is 6.92 Å². The van der Waals surface area contributed by atoms with E-state index in [-0.39, 0.29) is 12.1 Å². The zero-order valence-corrected chi connectivity index (χ0v) is 20.2. The Morgan fingerprint density at radius 3 is 2.86 bits per heavy atom. The van der Waals surface area contributed by atoms with Crippen LogP contribution in [0.15, 0.2) is 53.2 Å². The topological polar surface area (TPSA) is 93.4 Å². The van der Waals surface area contributed by atoms with Crippen LogP contribution in [-0.2, 0) is 17.7 Å². The lowest BCUT2D eigenvalue weighted by Gasteiger charge is -2.29. The van der Waals surface area contributed by atoms with Gasteiger partial charge in [0.2, 0.25) is 11.7 Å². The fourth-order valence-electron chi connectivity index (χ4n) is 4.41. The first kappa shape index (κ1) is 23.0. The monoisotopic (exact) mass is 471 g/mol. The van der Waals surface area contributed by atoms with Crippen molar-refractivity contribution in [3.63, 3.8) is 0 Å². The molecular weight excluding hydrogens is 442 g/mol. The van der Waals surface area contributed by atoms with E-state index in [1.165, 1.54) is 11.1 Å². The third kappa shape index (κ3) is 5.17. The largest absolute Gasteiger partial charge is 0.459 e. The van der Waals surface area contributed by atoms with E-state index in [2.05, 4.69) is 31.4 Å². The van der Waals surface area contributed by atoms with Gasteiger partial charge in [-0.15, -0.1) is 0 Å². The Morgan fingerprint density at radius 1 is 1.17 bits per heavy atom. The lowest BCUT2D eigenvalue weighted by Crippen LogP contribution is -2.34. The molecule has 2 aromatic heterocycles. The highest BCUT2D eigenvalue weighted by molar-refractivity contribution is 5.94. The number of nitrogens with one attached hydrogen (secondary N) is 1. The van der Waals surface area contributed by atoms with Crippen molar-refractivity contribution in [2.45, 2.75) is 39.8 Å². The van der Waals surface area contributed by atoms with Crippen molar-refractivity contribution in [3.05, 3.63) is 71.2 Å². The number of pyridine rings is 1. The van der Waals surface area contributed by atoms with Gasteiger partial charge in [-0.3, -0.25) is 4.90 Å². The first-order chi connectivity index (χ1) is 17.0. The number of hydrogen-bond acceptors (Lipinski definition) is 8. The van der Waals surface area contributed by atoms with Crippen molar-refractivity contribution in [1.29, 1.82) is 0 Å². The highest BCUT2D eigenvalue weighted by atomic mass is 16.5. The van der Waals surface area contributed by atoms with E-state index in [0.29, 0.717) is 17.3 Å². The van der Waals surface area contributed by atoms with Crippen LogP contribution < -0.4 is 5.32 Å². The van der Waals surface area contributed by atoms with Gasteiger partial charge in [0.1, 0.15) is 5.82 Å². The van der Waals surface area contributed by atoms with E-state index < -0.39 is 0 Å². The van der Waals surface area contributed by atoms with E-state index in [4.69, 9.17) is 9.26 Å². The fraction of sp³-hybridized carbons (Fsp3) is 0.333.